The van der Waals surface area contributed by atoms with Crippen LogP contribution in [0.4, 0.5) is 13.2 Å². The maximum Gasteiger partial charge on any atom is 0.401 e. The van der Waals surface area contributed by atoms with Gasteiger partial charge in [-0.05, 0) is 25.7 Å². The highest BCUT2D eigenvalue weighted by Crippen LogP contribution is 2.27. The van der Waals surface area contributed by atoms with Crippen LogP contribution in [-0.2, 0) is 9.84 Å². The van der Waals surface area contributed by atoms with Crippen molar-refractivity contribution >= 4 is 9.84 Å². The Labute approximate surface area is 106 Å². The molecule has 1 fully saturated rings. The summed E-state index contributed by atoms with van der Waals surface area (Å²) in [6.07, 6.45) is -0.347. The summed E-state index contributed by atoms with van der Waals surface area (Å²) in [7, 11) is -3.29. The summed E-state index contributed by atoms with van der Waals surface area (Å²) in [6, 6.07) is 0. The molecule has 1 aliphatic rings. The normalized spacial score (nSPS) is 20.2. The third kappa shape index (κ3) is 5.56. The Hall–Kier alpha value is -0.300. The fourth-order valence-electron chi connectivity index (χ4n) is 2.21. The van der Waals surface area contributed by atoms with Crippen LogP contribution in [0.15, 0.2) is 0 Å². The summed E-state index contributed by atoms with van der Waals surface area (Å²) < 4.78 is 59.6. The first-order valence-corrected chi connectivity index (χ1v) is 7.91. The van der Waals surface area contributed by atoms with Gasteiger partial charge in [0.2, 0.25) is 0 Å². The van der Waals surface area contributed by atoms with Crippen molar-refractivity contribution in [2.24, 2.45) is 5.92 Å². The Balaban J connectivity index is 2.36. The van der Waals surface area contributed by atoms with Crippen molar-refractivity contribution in [1.29, 1.82) is 0 Å². The van der Waals surface area contributed by atoms with Crippen LogP contribution in [0.3, 0.4) is 0 Å². The molecule has 0 aromatic heterocycles. The second-order valence-corrected chi connectivity index (χ2v) is 7.50. The largest absolute Gasteiger partial charge is 0.401 e. The average molecular weight is 287 g/mol. The van der Waals surface area contributed by atoms with E-state index >= 15 is 0 Å². The van der Waals surface area contributed by atoms with Crippen LogP contribution in [0.2, 0.25) is 0 Å². The molecule has 0 radical (unpaired) electrons. The number of nitrogens with one attached hydrogen (secondary N) is 1. The first-order valence-electron chi connectivity index (χ1n) is 6.20. The second-order valence-electron chi connectivity index (χ2n) is 5.04. The van der Waals surface area contributed by atoms with Gasteiger partial charge in [-0.25, -0.2) is 8.42 Å². The summed E-state index contributed by atoms with van der Waals surface area (Å²) in [6.45, 7) is 0.179. The Morgan fingerprint density at radius 1 is 1.28 bits per heavy atom. The fraction of sp³-hybridized carbons (Fsp3) is 1.00. The van der Waals surface area contributed by atoms with Crippen LogP contribution in [0, 0.1) is 5.92 Å². The van der Waals surface area contributed by atoms with E-state index in [-0.39, 0.29) is 18.2 Å². The lowest BCUT2D eigenvalue weighted by Crippen LogP contribution is -2.38. The van der Waals surface area contributed by atoms with Gasteiger partial charge in [0.05, 0.1) is 17.5 Å². The molecule has 18 heavy (non-hydrogen) atoms. The highest BCUT2D eigenvalue weighted by atomic mass is 32.2. The maximum atomic E-state index is 11.9. The van der Waals surface area contributed by atoms with Crippen LogP contribution in [0.5, 0.6) is 0 Å². The molecule has 1 aliphatic carbocycles. The first-order chi connectivity index (χ1) is 8.21. The third-order valence-corrected chi connectivity index (χ3v) is 5.64. The molecule has 1 N–H and O–H groups in total. The quantitative estimate of drug-likeness (QED) is 0.814. The van der Waals surface area contributed by atoms with Crippen LogP contribution >= 0.6 is 0 Å². The van der Waals surface area contributed by atoms with Gasteiger partial charge in [0.15, 0.2) is 9.84 Å². The predicted octanol–water partition coefficient (Wildman–Crippen LogP) is 2.13. The van der Waals surface area contributed by atoms with E-state index in [9.17, 15) is 21.6 Å². The number of rotatable bonds is 6. The summed E-state index contributed by atoms with van der Waals surface area (Å²) in [5, 5.41) is 1.39. The van der Waals surface area contributed by atoms with Gasteiger partial charge in [-0.15, -0.1) is 0 Å². The van der Waals surface area contributed by atoms with E-state index in [2.05, 4.69) is 5.32 Å². The van der Waals surface area contributed by atoms with Gasteiger partial charge >= 0.3 is 6.18 Å². The minimum atomic E-state index is -4.30. The first kappa shape index (κ1) is 15.8. The zero-order valence-electron chi connectivity index (χ0n) is 10.5. The molecular formula is C11H20F3NO2S. The number of sulfone groups is 1. The molecule has 1 unspecified atom stereocenters. The van der Waals surface area contributed by atoms with E-state index in [0.717, 1.165) is 25.7 Å². The van der Waals surface area contributed by atoms with Crippen molar-refractivity contribution < 1.29 is 21.6 Å². The summed E-state index contributed by atoms with van der Waals surface area (Å²) in [5.41, 5.74) is 0. The molecule has 0 aromatic rings. The SMILES string of the molecule is CC(CNCC(F)(F)F)S(=O)(=O)CC1CCCC1. The molecule has 0 spiro atoms. The Kier molecular flexibility index (Phi) is 5.46. The second kappa shape index (κ2) is 6.23. The third-order valence-electron chi connectivity index (χ3n) is 3.31. The number of hydrogen-bond acceptors (Lipinski definition) is 3. The van der Waals surface area contributed by atoms with E-state index in [1.807, 2.05) is 0 Å². The molecule has 0 aliphatic heterocycles. The molecule has 3 nitrogen and oxygen atoms in total. The lowest BCUT2D eigenvalue weighted by atomic mass is 10.1. The Bertz CT molecular complexity index is 348. The van der Waals surface area contributed by atoms with E-state index in [1.54, 1.807) is 0 Å². The van der Waals surface area contributed by atoms with Crippen molar-refractivity contribution in [2.75, 3.05) is 18.8 Å². The van der Waals surface area contributed by atoms with Crippen molar-refractivity contribution in [3.8, 4) is 0 Å². The fourth-order valence-corrected chi connectivity index (χ4v) is 3.90. The number of hydrogen-bond donors (Lipinski definition) is 1. The molecule has 0 saturated heterocycles. The molecule has 1 atom stereocenters. The molecule has 108 valence electrons. The van der Waals surface area contributed by atoms with E-state index in [0.29, 0.717) is 0 Å². The summed E-state index contributed by atoms with van der Waals surface area (Å²) in [4.78, 5) is 0. The molecule has 1 saturated carbocycles. The lowest BCUT2D eigenvalue weighted by Gasteiger charge is -2.17. The molecule has 7 heteroatoms. The molecule has 0 aromatic carbocycles. The van der Waals surface area contributed by atoms with Crippen molar-refractivity contribution in [3.05, 3.63) is 0 Å². The van der Waals surface area contributed by atoms with Gasteiger partial charge in [0.1, 0.15) is 0 Å². The van der Waals surface area contributed by atoms with Crippen LogP contribution < -0.4 is 5.32 Å². The van der Waals surface area contributed by atoms with Gasteiger partial charge in [-0.1, -0.05) is 12.8 Å². The number of alkyl halides is 3. The van der Waals surface area contributed by atoms with E-state index in [1.165, 1.54) is 6.92 Å². The van der Waals surface area contributed by atoms with Crippen molar-refractivity contribution in [3.63, 3.8) is 0 Å². The van der Waals surface area contributed by atoms with Crippen molar-refractivity contribution in [2.45, 2.75) is 44.0 Å². The average Bonchev–Trinajstić information content (AvgIpc) is 2.67. The van der Waals surface area contributed by atoms with Crippen LogP contribution in [0.25, 0.3) is 0 Å². The van der Waals surface area contributed by atoms with Gasteiger partial charge in [-0.2, -0.15) is 13.2 Å². The van der Waals surface area contributed by atoms with E-state index < -0.39 is 27.8 Å². The molecule has 0 amide bonds. The number of halogens is 3. The van der Waals surface area contributed by atoms with Gasteiger partial charge in [0.25, 0.3) is 0 Å². The van der Waals surface area contributed by atoms with Gasteiger partial charge in [-0.3, -0.25) is 0 Å². The minimum absolute atomic E-state index is 0.113. The topological polar surface area (TPSA) is 46.2 Å². The minimum Gasteiger partial charge on any atom is -0.307 e. The Morgan fingerprint density at radius 2 is 1.83 bits per heavy atom. The maximum absolute atomic E-state index is 11.9. The molecular weight excluding hydrogens is 267 g/mol. The predicted molar refractivity (Wildman–Crippen MR) is 64.1 cm³/mol. The summed E-state index contributed by atoms with van der Waals surface area (Å²) in [5.74, 6) is 0.307. The van der Waals surface area contributed by atoms with Gasteiger partial charge in [0, 0.05) is 6.54 Å². The monoisotopic (exact) mass is 287 g/mol. The van der Waals surface area contributed by atoms with Crippen LogP contribution in [-0.4, -0.2) is 38.7 Å². The molecule has 1 rings (SSSR count). The van der Waals surface area contributed by atoms with E-state index in [4.69, 9.17) is 0 Å². The smallest absolute Gasteiger partial charge is 0.307 e. The lowest BCUT2D eigenvalue weighted by molar-refractivity contribution is -0.124. The molecule has 0 bridgehead atoms. The molecule has 0 heterocycles. The Morgan fingerprint density at radius 3 is 2.33 bits per heavy atom. The van der Waals surface area contributed by atoms with Crippen LogP contribution in [0.1, 0.15) is 32.6 Å². The van der Waals surface area contributed by atoms with Crippen molar-refractivity contribution in [1.82, 2.24) is 5.32 Å². The summed E-state index contributed by atoms with van der Waals surface area (Å²) >= 11 is 0. The highest BCUT2D eigenvalue weighted by Gasteiger charge is 2.30. The zero-order chi connectivity index (χ0) is 13.8. The van der Waals surface area contributed by atoms with Gasteiger partial charge < -0.3 is 5.32 Å². The zero-order valence-corrected chi connectivity index (χ0v) is 11.3. The standard InChI is InChI=1S/C11H20F3NO2S/c1-9(6-15-8-11(12,13)14)18(16,17)7-10-4-2-3-5-10/h9-10,15H,2-8H2,1H3. The highest BCUT2D eigenvalue weighted by molar-refractivity contribution is 7.92.